The van der Waals surface area contributed by atoms with E-state index in [1.54, 1.807) is 0 Å². The Labute approximate surface area is 112 Å². The van der Waals surface area contributed by atoms with Gasteiger partial charge >= 0.3 is 0 Å². The molecule has 1 N–H and O–H groups in total. The first-order valence-corrected chi connectivity index (χ1v) is 6.91. The van der Waals surface area contributed by atoms with Crippen LogP contribution in [0, 0.1) is 0 Å². The molecule has 2 aromatic rings. The number of hydrogen-bond acceptors (Lipinski definition) is 4. The van der Waals surface area contributed by atoms with Crippen LogP contribution in [0.25, 0.3) is 0 Å². The second-order valence-corrected chi connectivity index (χ2v) is 6.05. The molecule has 0 aliphatic heterocycles. The zero-order valence-electron chi connectivity index (χ0n) is 8.72. The molecular weight excluding hydrogens is 299 g/mol. The highest BCUT2D eigenvalue weighted by Crippen LogP contribution is 2.27. The monoisotopic (exact) mass is 304 g/mol. The van der Waals surface area contributed by atoms with Gasteiger partial charge in [-0.25, -0.2) is 13.5 Å². The van der Waals surface area contributed by atoms with Crippen LogP contribution in [-0.4, -0.2) is 18.6 Å². The van der Waals surface area contributed by atoms with Crippen molar-refractivity contribution in [2.75, 3.05) is 0 Å². The number of aromatic amines is 1. The average molecular weight is 305 g/mol. The van der Waals surface area contributed by atoms with Crippen LogP contribution in [0.5, 0.6) is 0 Å². The molecule has 0 spiro atoms. The topological polar surface area (TPSA) is 79.9 Å². The van der Waals surface area contributed by atoms with Crippen LogP contribution >= 0.6 is 23.2 Å². The zero-order chi connectivity index (χ0) is 13.3. The quantitative estimate of drug-likeness (QED) is 0.919. The van der Waals surface area contributed by atoms with Crippen molar-refractivity contribution in [1.29, 1.82) is 0 Å². The van der Waals surface area contributed by atoms with Gasteiger partial charge in [-0.3, -0.25) is 4.79 Å². The third kappa shape index (κ3) is 2.40. The van der Waals surface area contributed by atoms with Gasteiger partial charge in [0.2, 0.25) is 9.84 Å². The number of aromatic nitrogens is 2. The lowest BCUT2D eigenvalue weighted by Gasteiger charge is -2.04. The number of H-pyrrole nitrogens is 1. The van der Waals surface area contributed by atoms with Crippen molar-refractivity contribution in [2.45, 2.75) is 9.92 Å². The van der Waals surface area contributed by atoms with E-state index >= 15 is 0 Å². The Morgan fingerprint density at radius 3 is 2.33 bits per heavy atom. The van der Waals surface area contributed by atoms with E-state index in [-0.39, 0.29) is 20.0 Å². The Balaban J connectivity index is 2.57. The minimum atomic E-state index is -3.82. The number of nitrogens with one attached hydrogen (secondary N) is 1. The number of nitrogens with zero attached hydrogens (tertiary/aromatic N) is 1. The van der Waals surface area contributed by atoms with Crippen LogP contribution in [0.1, 0.15) is 0 Å². The molecule has 0 aliphatic rings. The predicted molar refractivity (Wildman–Crippen MR) is 66.8 cm³/mol. The van der Waals surface area contributed by atoms with Gasteiger partial charge in [-0.2, -0.15) is 5.10 Å². The number of halogens is 2. The molecule has 0 unspecified atom stereocenters. The minimum absolute atomic E-state index is 0.0450. The SMILES string of the molecule is O=c1ccc(S(=O)(=O)c2ccc(Cl)c(Cl)c2)n[nH]1. The summed E-state index contributed by atoms with van der Waals surface area (Å²) in [5.74, 6) is 0. The predicted octanol–water partition coefficient (Wildman–Crippen LogP) is 1.91. The maximum absolute atomic E-state index is 12.1. The van der Waals surface area contributed by atoms with E-state index < -0.39 is 15.4 Å². The summed E-state index contributed by atoms with van der Waals surface area (Å²) in [7, 11) is -3.82. The maximum Gasteiger partial charge on any atom is 0.264 e. The summed E-state index contributed by atoms with van der Waals surface area (Å²) in [4.78, 5) is 10.8. The van der Waals surface area contributed by atoms with Crippen LogP contribution in [0.2, 0.25) is 10.0 Å². The molecule has 0 amide bonds. The van der Waals surface area contributed by atoms with Gasteiger partial charge in [-0.05, 0) is 24.3 Å². The smallest absolute Gasteiger partial charge is 0.264 e. The Hall–Kier alpha value is -1.37. The van der Waals surface area contributed by atoms with Gasteiger partial charge in [0.1, 0.15) is 0 Å². The molecule has 0 atom stereocenters. The summed E-state index contributed by atoms with van der Waals surface area (Å²) >= 11 is 11.5. The molecule has 2 rings (SSSR count). The number of benzene rings is 1. The number of hydrogen-bond donors (Lipinski definition) is 1. The fourth-order valence-corrected chi connectivity index (χ4v) is 2.78. The minimum Gasteiger partial charge on any atom is -0.268 e. The van der Waals surface area contributed by atoms with E-state index in [1.807, 2.05) is 0 Å². The molecule has 18 heavy (non-hydrogen) atoms. The molecule has 1 aromatic carbocycles. The van der Waals surface area contributed by atoms with Crippen LogP contribution < -0.4 is 5.56 Å². The second kappa shape index (κ2) is 4.72. The van der Waals surface area contributed by atoms with Crippen LogP contribution in [0.3, 0.4) is 0 Å². The van der Waals surface area contributed by atoms with Crippen LogP contribution in [-0.2, 0) is 9.84 Å². The van der Waals surface area contributed by atoms with Gasteiger partial charge in [0, 0.05) is 6.07 Å². The highest BCUT2D eigenvalue weighted by Gasteiger charge is 2.20. The van der Waals surface area contributed by atoms with Gasteiger partial charge in [0.25, 0.3) is 5.56 Å². The highest BCUT2D eigenvalue weighted by atomic mass is 35.5. The molecule has 5 nitrogen and oxygen atoms in total. The molecule has 0 saturated carbocycles. The van der Waals surface area contributed by atoms with Gasteiger partial charge < -0.3 is 0 Å². The molecule has 1 heterocycles. The summed E-state index contributed by atoms with van der Waals surface area (Å²) in [5, 5.41) is 5.65. The summed E-state index contributed by atoms with van der Waals surface area (Å²) in [6.07, 6.45) is 0. The van der Waals surface area contributed by atoms with Crippen molar-refractivity contribution in [2.24, 2.45) is 0 Å². The van der Waals surface area contributed by atoms with Crippen molar-refractivity contribution in [3.63, 3.8) is 0 Å². The van der Waals surface area contributed by atoms with E-state index in [9.17, 15) is 13.2 Å². The van der Waals surface area contributed by atoms with Crippen molar-refractivity contribution < 1.29 is 8.42 Å². The molecule has 0 aliphatic carbocycles. The molecular formula is C10H6Cl2N2O3S. The Bertz CT molecular complexity index is 735. The summed E-state index contributed by atoms with van der Waals surface area (Å²) in [6.45, 7) is 0. The molecule has 94 valence electrons. The fraction of sp³-hybridized carbons (Fsp3) is 0. The van der Waals surface area contributed by atoms with Crippen LogP contribution in [0.15, 0.2) is 45.0 Å². The van der Waals surface area contributed by atoms with E-state index in [0.29, 0.717) is 0 Å². The highest BCUT2D eigenvalue weighted by molar-refractivity contribution is 7.91. The maximum atomic E-state index is 12.1. The summed E-state index contributed by atoms with van der Waals surface area (Å²) in [5.41, 5.74) is -0.483. The normalized spacial score (nSPS) is 11.4. The van der Waals surface area contributed by atoms with E-state index in [4.69, 9.17) is 23.2 Å². The average Bonchev–Trinajstić information content (AvgIpc) is 2.33. The van der Waals surface area contributed by atoms with Crippen molar-refractivity contribution >= 4 is 33.0 Å². The molecule has 0 saturated heterocycles. The van der Waals surface area contributed by atoms with E-state index in [1.165, 1.54) is 18.2 Å². The zero-order valence-corrected chi connectivity index (χ0v) is 11.1. The largest absolute Gasteiger partial charge is 0.268 e. The van der Waals surface area contributed by atoms with Gasteiger partial charge in [-0.15, -0.1) is 0 Å². The number of sulfone groups is 1. The molecule has 0 bridgehead atoms. The van der Waals surface area contributed by atoms with Gasteiger partial charge in [-0.1, -0.05) is 23.2 Å². The lowest BCUT2D eigenvalue weighted by Crippen LogP contribution is -2.11. The lowest BCUT2D eigenvalue weighted by atomic mass is 10.4. The Kier molecular flexibility index (Phi) is 3.43. The first-order valence-electron chi connectivity index (χ1n) is 4.67. The third-order valence-electron chi connectivity index (χ3n) is 2.13. The van der Waals surface area contributed by atoms with Crippen molar-refractivity contribution in [1.82, 2.24) is 10.2 Å². The second-order valence-electron chi connectivity index (χ2n) is 3.34. The standard InChI is InChI=1S/C10H6Cl2N2O3S/c11-7-2-1-6(5-8(7)12)18(16,17)10-4-3-9(15)13-14-10/h1-5H,(H,13,15). The van der Waals surface area contributed by atoms with Crippen molar-refractivity contribution in [3.05, 3.63) is 50.7 Å². The van der Waals surface area contributed by atoms with Crippen molar-refractivity contribution in [3.8, 4) is 0 Å². The van der Waals surface area contributed by atoms with Gasteiger partial charge in [0.05, 0.1) is 14.9 Å². The summed E-state index contributed by atoms with van der Waals surface area (Å²) < 4.78 is 24.2. The molecule has 1 aromatic heterocycles. The lowest BCUT2D eigenvalue weighted by molar-refractivity contribution is 0.589. The first kappa shape index (κ1) is 13.1. The molecule has 8 heteroatoms. The third-order valence-corrected chi connectivity index (χ3v) is 4.52. The fourth-order valence-electron chi connectivity index (χ4n) is 1.25. The Morgan fingerprint density at radius 2 is 1.78 bits per heavy atom. The van der Waals surface area contributed by atoms with Crippen LogP contribution in [0.4, 0.5) is 0 Å². The first-order chi connectivity index (χ1) is 8.41. The van der Waals surface area contributed by atoms with E-state index in [2.05, 4.69) is 10.2 Å². The van der Waals surface area contributed by atoms with Gasteiger partial charge in [0.15, 0.2) is 5.03 Å². The molecule has 0 radical (unpaired) electrons. The molecule has 0 fully saturated rings. The Morgan fingerprint density at radius 1 is 1.06 bits per heavy atom. The summed E-state index contributed by atoms with van der Waals surface area (Å²) in [6, 6.07) is 6.12. The number of rotatable bonds is 2. The van der Waals surface area contributed by atoms with E-state index in [0.717, 1.165) is 12.1 Å².